The number of sulfonamides is 1. The molecule has 0 aromatic carbocycles. The molecule has 96 valence electrons. The van der Waals surface area contributed by atoms with E-state index in [0.29, 0.717) is 28.4 Å². The van der Waals surface area contributed by atoms with Gasteiger partial charge in [0.2, 0.25) is 0 Å². The lowest BCUT2D eigenvalue weighted by Crippen LogP contribution is -2.29. The molecule has 0 saturated carbocycles. The summed E-state index contributed by atoms with van der Waals surface area (Å²) in [5, 5.41) is 0.433. The Kier molecular flexibility index (Phi) is 4.16. The summed E-state index contributed by atoms with van der Waals surface area (Å²) in [7, 11) is -3.40. The fraction of sp³-hybridized carbons (Fsp3) is 0.556. The smallest absolute Gasteiger partial charge is 0.252 e. The van der Waals surface area contributed by atoms with Crippen LogP contribution < -0.4 is 5.73 Å². The number of halogens is 2. The highest BCUT2D eigenvalue weighted by Crippen LogP contribution is 2.36. The van der Waals surface area contributed by atoms with E-state index in [4.69, 9.17) is 17.3 Å². The SMILES string of the molecule is NCC1CCN(S(=O)(=O)c2cc(Cl)c(Br)s2)C1. The lowest BCUT2D eigenvalue weighted by atomic mass is 10.1. The molecule has 0 radical (unpaired) electrons. The van der Waals surface area contributed by atoms with E-state index < -0.39 is 10.0 Å². The molecule has 1 saturated heterocycles. The van der Waals surface area contributed by atoms with E-state index in [1.807, 2.05) is 0 Å². The fourth-order valence-electron chi connectivity index (χ4n) is 1.79. The molecule has 4 nitrogen and oxygen atoms in total. The average molecular weight is 360 g/mol. The van der Waals surface area contributed by atoms with E-state index in [1.54, 1.807) is 0 Å². The molecular formula is C9H12BrClN2O2S2. The van der Waals surface area contributed by atoms with E-state index in [9.17, 15) is 8.42 Å². The third kappa shape index (κ3) is 2.69. The molecule has 1 atom stereocenters. The molecule has 0 aliphatic carbocycles. The van der Waals surface area contributed by atoms with Crippen molar-refractivity contribution in [1.82, 2.24) is 4.31 Å². The molecule has 1 aliphatic heterocycles. The van der Waals surface area contributed by atoms with Crippen molar-refractivity contribution in [3.05, 3.63) is 14.9 Å². The van der Waals surface area contributed by atoms with Crippen LogP contribution in [0.3, 0.4) is 0 Å². The number of thiophene rings is 1. The monoisotopic (exact) mass is 358 g/mol. The standard InChI is InChI=1S/C9H12BrClN2O2S2/c10-9-7(11)3-8(16-9)17(14,15)13-2-1-6(4-12)5-13/h3,6H,1-2,4-5,12H2. The molecule has 1 aromatic heterocycles. The van der Waals surface area contributed by atoms with Crippen molar-refractivity contribution in [2.75, 3.05) is 19.6 Å². The zero-order valence-electron chi connectivity index (χ0n) is 8.90. The van der Waals surface area contributed by atoms with Crippen LogP contribution in [0.15, 0.2) is 14.1 Å². The van der Waals surface area contributed by atoms with Crippen LogP contribution in [0, 0.1) is 5.92 Å². The molecule has 1 unspecified atom stereocenters. The lowest BCUT2D eigenvalue weighted by Gasteiger charge is -2.14. The Morgan fingerprint density at radius 2 is 2.35 bits per heavy atom. The topological polar surface area (TPSA) is 63.4 Å². The van der Waals surface area contributed by atoms with Gasteiger partial charge in [-0.05, 0) is 40.9 Å². The first-order valence-electron chi connectivity index (χ1n) is 5.10. The molecule has 1 fully saturated rings. The number of nitrogens with zero attached hydrogens (tertiary/aromatic N) is 1. The van der Waals surface area contributed by atoms with E-state index in [-0.39, 0.29) is 10.1 Å². The van der Waals surface area contributed by atoms with Crippen molar-refractivity contribution in [3.8, 4) is 0 Å². The van der Waals surface area contributed by atoms with Crippen LogP contribution in [0.4, 0.5) is 0 Å². The Morgan fingerprint density at radius 3 is 2.82 bits per heavy atom. The first-order valence-corrected chi connectivity index (χ1v) is 8.53. The van der Waals surface area contributed by atoms with Gasteiger partial charge in [0.1, 0.15) is 4.21 Å². The van der Waals surface area contributed by atoms with Gasteiger partial charge in [-0.15, -0.1) is 11.3 Å². The van der Waals surface area contributed by atoms with Gasteiger partial charge in [0.25, 0.3) is 10.0 Å². The summed E-state index contributed by atoms with van der Waals surface area (Å²) in [6, 6.07) is 1.49. The van der Waals surface area contributed by atoms with Gasteiger partial charge in [0, 0.05) is 13.1 Å². The van der Waals surface area contributed by atoms with Crippen LogP contribution in [0.2, 0.25) is 5.02 Å². The first-order chi connectivity index (χ1) is 7.95. The van der Waals surface area contributed by atoms with Crippen LogP contribution in [-0.4, -0.2) is 32.4 Å². The van der Waals surface area contributed by atoms with Crippen LogP contribution in [0.5, 0.6) is 0 Å². The van der Waals surface area contributed by atoms with E-state index in [1.165, 1.54) is 10.4 Å². The van der Waals surface area contributed by atoms with Gasteiger partial charge in [0.15, 0.2) is 0 Å². The Bertz CT molecular complexity index is 498. The van der Waals surface area contributed by atoms with Gasteiger partial charge in [-0.2, -0.15) is 4.31 Å². The minimum atomic E-state index is -3.40. The maximum absolute atomic E-state index is 12.3. The molecule has 0 amide bonds. The number of nitrogens with two attached hydrogens (primary N) is 1. The highest BCUT2D eigenvalue weighted by Gasteiger charge is 2.33. The second-order valence-corrected chi connectivity index (χ2v) is 8.88. The summed E-state index contributed by atoms with van der Waals surface area (Å²) in [6.07, 6.45) is 0.829. The molecule has 8 heteroatoms. The Morgan fingerprint density at radius 1 is 1.65 bits per heavy atom. The molecule has 2 heterocycles. The molecule has 2 rings (SSSR count). The molecule has 2 N–H and O–H groups in total. The molecule has 0 spiro atoms. The van der Waals surface area contributed by atoms with Gasteiger partial charge in [-0.3, -0.25) is 0 Å². The largest absolute Gasteiger partial charge is 0.330 e. The van der Waals surface area contributed by atoms with Gasteiger partial charge >= 0.3 is 0 Å². The fourth-order valence-corrected chi connectivity index (χ4v) is 5.87. The van der Waals surface area contributed by atoms with Gasteiger partial charge < -0.3 is 5.73 Å². The summed E-state index contributed by atoms with van der Waals surface area (Å²) >= 11 is 10.2. The third-order valence-electron chi connectivity index (χ3n) is 2.80. The van der Waals surface area contributed by atoms with Crippen molar-refractivity contribution in [2.24, 2.45) is 11.7 Å². The predicted octanol–water partition coefficient (Wildman–Crippen LogP) is 2.13. The quantitative estimate of drug-likeness (QED) is 0.899. The van der Waals surface area contributed by atoms with Crippen molar-refractivity contribution in [2.45, 2.75) is 10.6 Å². The lowest BCUT2D eigenvalue weighted by molar-refractivity contribution is 0.460. The summed E-state index contributed by atoms with van der Waals surface area (Å²) in [4.78, 5) is 0. The maximum atomic E-state index is 12.3. The summed E-state index contributed by atoms with van der Waals surface area (Å²) < 4.78 is 27.0. The second-order valence-electron chi connectivity index (χ2n) is 3.94. The highest BCUT2D eigenvalue weighted by molar-refractivity contribution is 9.11. The zero-order valence-corrected chi connectivity index (χ0v) is 12.9. The predicted molar refractivity (Wildman–Crippen MR) is 72.9 cm³/mol. The van der Waals surface area contributed by atoms with Crippen molar-refractivity contribution in [1.29, 1.82) is 0 Å². The molecule has 17 heavy (non-hydrogen) atoms. The summed E-state index contributed by atoms with van der Waals surface area (Å²) in [5.74, 6) is 0.267. The first kappa shape index (κ1) is 13.8. The molecule has 1 aliphatic rings. The number of hydrogen-bond donors (Lipinski definition) is 1. The van der Waals surface area contributed by atoms with Gasteiger partial charge in [-0.25, -0.2) is 8.42 Å². The average Bonchev–Trinajstić information content (AvgIpc) is 2.87. The van der Waals surface area contributed by atoms with Crippen LogP contribution >= 0.6 is 38.9 Å². The van der Waals surface area contributed by atoms with E-state index in [0.717, 1.165) is 17.8 Å². The minimum Gasteiger partial charge on any atom is -0.330 e. The summed E-state index contributed by atoms with van der Waals surface area (Å²) in [5.41, 5.74) is 5.56. The number of hydrogen-bond acceptors (Lipinski definition) is 4. The van der Waals surface area contributed by atoms with Crippen molar-refractivity contribution in [3.63, 3.8) is 0 Å². The Labute approximate surface area is 118 Å². The molecule has 1 aromatic rings. The van der Waals surface area contributed by atoms with Crippen molar-refractivity contribution < 1.29 is 8.42 Å². The maximum Gasteiger partial charge on any atom is 0.252 e. The van der Waals surface area contributed by atoms with Crippen LogP contribution in [0.25, 0.3) is 0 Å². The molecule has 0 bridgehead atoms. The normalized spacial score (nSPS) is 22.2. The number of rotatable bonds is 3. The highest BCUT2D eigenvalue weighted by atomic mass is 79.9. The third-order valence-corrected chi connectivity index (χ3v) is 7.59. The van der Waals surface area contributed by atoms with Gasteiger partial charge in [-0.1, -0.05) is 11.6 Å². The van der Waals surface area contributed by atoms with Crippen LogP contribution in [-0.2, 0) is 10.0 Å². The second kappa shape index (κ2) is 5.14. The Hall–Kier alpha value is 0.340. The Balaban J connectivity index is 2.25. The minimum absolute atomic E-state index is 0.267. The summed E-state index contributed by atoms with van der Waals surface area (Å²) in [6.45, 7) is 1.57. The van der Waals surface area contributed by atoms with E-state index >= 15 is 0 Å². The zero-order chi connectivity index (χ0) is 12.6. The van der Waals surface area contributed by atoms with Crippen LogP contribution in [0.1, 0.15) is 6.42 Å². The van der Waals surface area contributed by atoms with Crippen molar-refractivity contribution >= 4 is 48.9 Å². The van der Waals surface area contributed by atoms with Gasteiger partial charge in [0.05, 0.1) is 8.81 Å². The molecular weight excluding hydrogens is 348 g/mol. The van der Waals surface area contributed by atoms with E-state index in [2.05, 4.69) is 15.9 Å².